The third-order valence-corrected chi connectivity index (χ3v) is 7.94. The van der Waals surface area contributed by atoms with Crippen molar-refractivity contribution in [1.29, 1.82) is 0 Å². The number of ether oxygens (including phenoxy) is 1. The van der Waals surface area contributed by atoms with Crippen LogP contribution >= 0.6 is 15.9 Å². The molecule has 0 unspecified atom stereocenters. The zero-order chi connectivity index (χ0) is 24.9. The zero-order valence-electron chi connectivity index (χ0n) is 19.7. The van der Waals surface area contributed by atoms with E-state index < -0.39 is 11.9 Å². The number of benzene rings is 2. The number of rotatable bonds is 4. The second kappa shape index (κ2) is 9.22. The molecule has 2 saturated heterocycles. The fourth-order valence-electron chi connectivity index (χ4n) is 5.50. The van der Waals surface area contributed by atoms with Gasteiger partial charge in [-0.05, 0) is 80.1 Å². The van der Waals surface area contributed by atoms with Crippen LogP contribution in [0, 0.1) is 30.6 Å². The number of amides is 3. The maximum Gasteiger partial charge on any atom is 0.316 e. The molecule has 0 spiro atoms. The lowest BCUT2D eigenvalue weighted by Crippen LogP contribution is -2.31. The second-order valence-corrected chi connectivity index (χ2v) is 10.8. The third-order valence-electron chi connectivity index (χ3n) is 7.41. The van der Waals surface area contributed by atoms with Crippen LogP contribution in [0.2, 0.25) is 0 Å². The van der Waals surface area contributed by atoms with Crippen LogP contribution in [0.4, 0.5) is 11.4 Å². The molecule has 8 heteroatoms. The lowest BCUT2D eigenvalue weighted by atomic mass is 9.76. The van der Waals surface area contributed by atoms with Crippen LogP contribution in [0.25, 0.3) is 0 Å². The zero-order valence-corrected chi connectivity index (χ0v) is 21.3. The molecule has 2 heterocycles. The van der Waals surface area contributed by atoms with E-state index in [1.807, 2.05) is 24.3 Å². The van der Waals surface area contributed by atoms with E-state index in [0.29, 0.717) is 22.9 Å². The maximum atomic E-state index is 13.1. The average molecular weight is 539 g/mol. The van der Waals surface area contributed by atoms with Crippen molar-refractivity contribution in [2.24, 2.45) is 23.7 Å². The number of halogens is 1. The minimum Gasteiger partial charge on any atom is -0.426 e. The highest BCUT2D eigenvalue weighted by atomic mass is 79.9. The number of esters is 1. The largest absolute Gasteiger partial charge is 0.426 e. The molecule has 0 radical (unpaired) electrons. The summed E-state index contributed by atoms with van der Waals surface area (Å²) in [5.74, 6) is -1.12. The highest BCUT2D eigenvalue weighted by Gasteiger charge is 2.50. The molecule has 4 atom stereocenters. The van der Waals surface area contributed by atoms with E-state index in [1.54, 1.807) is 30.0 Å². The van der Waals surface area contributed by atoms with Gasteiger partial charge in [-0.1, -0.05) is 22.9 Å². The molecule has 2 aromatic carbocycles. The summed E-state index contributed by atoms with van der Waals surface area (Å²) in [6.45, 7) is 4.18. The lowest BCUT2D eigenvalue weighted by molar-refractivity contribution is -0.139. The molecule has 0 N–H and O–H groups in total. The second-order valence-electron chi connectivity index (χ2n) is 9.89. The molecule has 5 rings (SSSR count). The first kappa shape index (κ1) is 23.7. The van der Waals surface area contributed by atoms with Gasteiger partial charge in [0.15, 0.2) is 0 Å². The van der Waals surface area contributed by atoms with Crippen LogP contribution in [-0.2, 0) is 19.2 Å². The van der Waals surface area contributed by atoms with Crippen LogP contribution in [0.15, 0.2) is 46.9 Å². The molecule has 3 amide bonds. The van der Waals surface area contributed by atoms with Crippen molar-refractivity contribution >= 4 is 51.0 Å². The molecule has 1 saturated carbocycles. The number of fused-ring (bicyclic) bond motifs is 1. The van der Waals surface area contributed by atoms with E-state index in [2.05, 4.69) is 22.9 Å². The van der Waals surface area contributed by atoms with Gasteiger partial charge in [0.2, 0.25) is 17.7 Å². The summed E-state index contributed by atoms with van der Waals surface area (Å²) in [5.41, 5.74) is 1.96. The Kier molecular flexibility index (Phi) is 6.25. The van der Waals surface area contributed by atoms with Crippen molar-refractivity contribution in [3.8, 4) is 5.75 Å². The Morgan fingerprint density at radius 3 is 2.43 bits per heavy atom. The first-order valence-corrected chi connectivity index (χ1v) is 12.8. The van der Waals surface area contributed by atoms with Gasteiger partial charge in [0, 0.05) is 23.1 Å². The number of aryl methyl sites for hydroxylation is 1. The van der Waals surface area contributed by atoms with Crippen molar-refractivity contribution in [2.45, 2.75) is 39.5 Å². The summed E-state index contributed by atoms with van der Waals surface area (Å²) in [7, 11) is 0. The molecule has 2 aliphatic heterocycles. The normalized spacial score (nSPS) is 26.3. The molecule has 2 aromatic rings. The summed E-state index contributed by atoms with van der Waals surface area (Å²) >= 11 is 3.38. The van der Waals surface area contributed by atoms with Crippen molar-refractivity contribution in [3.05, 3.63) is 52.5 Å². The summed E-state index contributed by atoms with van der Waals surface area (Å²) in [4.78, 5) is 54.3. The van der Waals surface area contributed by atoms with Gasteiger partial charge in [0.05, 0.1) is 23.4 Å². The van der Waals surface area contributed by atoms with Gasteiger partial charge in [-0.25, -0.2) is 4.90 Å². The molecule has 0 aromatic heterocycles. The predicted octanol–water partition coefficient (Wildman–Crippen LogP) is 4.64. The van der Waals surface area contributed by atoms with Crippen LogP contribution in [0.5, 0.6) is 5.75 Å². The molecule has 182 valence electrons. The van der Waals surface area contributed by atoms with E-state index in [4.69, 9.17) is 4.74 Å². The Hall–Kier alpha value is -3.00. The number of hydrogen-bond acceptors (Lipinski definition) is 5. The van der Waals surface area contributed by atoms with E-state index in [0.717, 1.165) is 29.4 Å². The van der Waals surface area contributed by atoms with Crippen LogP contribution in [-0.4, -0.2) is 30.2 Å². The molecule has 1 aliphatic carbocycles. The quantitative estimate of drug-likeness (QED) is 0.321. The summed E-state index contributed by atoms with van der Waals surface area (Å²) in [5, 5.41) is 0. The Balaban J connectivity index is 1.27. The maximum absolute atomic E-state index is 13.1. The Bertz CT molecular complexity index is 1210. The van der Waals surface area contributed by atoms with Crippen LogP contribution < -0.4 is 14.5 Å². The minimum absolute atomic E-state index is 0.0872. The van der Waals surface area contributed by atoms with Crippen LogP contribution in [0.3, 0.4) is 0 Å². The molecule has 3 fully saturated rings. The fourth-order valence-corrected chi connectivity index (χ4v) is 5.77. The number of carbonyl (C=O) groups is 4. The first-order valence-electron chi connectivity index (χ1n) is 12.0. The highest BCUT2D eigenvalue weighted by Crippen LogP contribution is 2.43. The van der Waals surface area contributed by atoms with Gasteiger partial charge in [0.1, 0.15) is 5.75 Å². The molecule has 35 heavy (non-hydrogen) atoms. The van der Waals surface area contributed by atoms with Gasteiger partial charge >= 0.3 is 5.97 Å². The summed E-state index contributed by atoms with van der Waals surface area (Å²) in [6.07, 6.45) is 2.55. The lowest BCUT2D eigenvalue weighted by Gasteiger charge is -2.25. The third kappa shape index (κ3) is 4.40. The monoisotopic (exact) mass is 538 g/mol. The topological polar surface area (TPSA) is 84.0 Å². The van der Waals surface area contributed by atoms with Crippen molar-refractivity contribution < 1.29 is 23.9 Å². The Morgan fingerprint density at radius 1 is 1.00 bits per heavy atom. The summed E-state index contributed by atoms with van der Waals surface area (Å²) < 4.78 is 6.51. The summed E-state index contributed by atoms with van der Waals surface area (Å²) in [6, 6.07) is 12.3. The van der Waals surface area contributed by atoms with Crippen molar-refractivity contribution in [1.82, 2.24) is 0 Å². The van der Waals surface area contributed by atoms with Crippen LogP contribution in [0.1, 0.15) is 38.2 Å². The number of hydrogen-bond donors (Lipinski definition) is 0. The number of imide groups is 1. The van der Waals surface area contributed by atoms with E-state index >= 15 is 0 Å². The standard InChI is InChI=1S/C27H27BrN2O5/c1-15-3-9-21-22(11-15)26(33)30(25(21)32)23-10-8-20(12-16(23)2)35-27(34)17-13-24(31)29(14-17)19-6-4-18(28)5-7-19/h4-8,10,12,15,17,21-22H,3,9,11,13-14H2,1-2H3/t15-,17+,21+,22+/m0/s1. The molecular formula is C27H27BrN2O5. The Morgan fingerprint density at radius 2 is 1.71 bits per heavy atom. The number of nitrogens with zero attached hydrogens (tertiary/aromatic N) is 2. The van der Waals surface area contributed by atoms with Crippen molar-refractivity contribution in [3.63, 3.8) is 0 Å². The average Bonchev–Trinajstić information content (AvgIpc) is 3.32. The van der Waals surface area contributed by atoms with Crippen molar-refractivity contribution in [2.75, 3.05) is 16.3 Å². The SMILES string of the molecule is Cc1cc(OC(=O)[C@@H]2CC(=O)N(c3ccc(Br)cc3)C2)ccc1N1C(=O)[C@@H]2CC[C@H](C)C[C@H]2C1=O. The van der Waals surface area contributed by atoms with Gasteiger partial charge in [-0.3, -0.25) is 19.2 Å². The smallest absolute Gasteiger partial charge is 0.316 e. The highest BCUT2D eigenvalue weighted by molar-refractivity contribution is 9.10. The fraction of sp³-hybridized carbons (Fsp3) is 0.407. The molecular weight excluding hydrogens is 512 g/mol. The number of carbonyl (C=O) groups excluding carboxylic acids is 4. The minimum atomic E-state index is -0.571. The van der Waals surface area contributed by atoms with E-state index in [-0.39, 0.29) is 42.5 Å². The Labute approximate surface area is 212 Å². The van der Waals surface area contributed by atoms with Gasteiger partial charge < -0.3 is 9.64 Å². The molecule has 3 aliphatic rings. The van der Waals surface area contributed by atoms with E-state index in [9.17, 15) is 19.2 Å². The molecule has 7 nitrogen and oxygen atoms in total. The van der Waals surface area contributed by atoms with Gasteiger partial charge in [-0.15, -0.1) is 0 Å². The van der Waals surface area contributed by atoms with E-state index in [1.165, 1.54) is 4.90 Å². The first-order chi connectivity index (χ1) is 16.7. The van der Waals surface area contributed by atoms with Gasteiger partial charge in [-0.2, -0.15) is 0 Å². The number of anilines is 2. The predicted molar refractivity (Wildman–Crippen MR) is 134 cm³/mol. The van der Waals surface area contributed by atoms with Gasteiger partial charge in [0.25, 0.3) is 0 Å². The molecule has 0 bridgehead atoms.